The van der Waals surface area contributed by atoms with E-state index in [2.05, 4.69) is 20.6 Å². The fourth-order valence-electron chi connectivity index (χ4n) is 2.93. The Balaban J connectivity index is 1.47. The highest BCUT2D eigenvalue weighted by atomic mass is 32.1. The van der Waals surface area contributed by atoms with E-state index in [0.717, 1.165) is 5.56 Å². The summed E-state index contributed by atoms with van der Waals surface area (Å²) in [6.45, 7) is 1.89. The molecule has 0 radical (unpaired) electrons. The zero-order valence-corrected chi connectivity index (χ0v) is 16.3. The molecule has 2 heterocycles. The second kappa shape index (κ2) is 7.69. The number of amides is 2. The molecule has 7 nitrogen and oxygen atoms in total. The van der Waals surface area contributed by atoms with E-state index in [9.17, 15) is 9.59 Å². The summed E-state index contributed by atoms with van der Waals surface area (Å²) in [4.78, 5) is 33.8. The number of carbonyl (C=O) groups is 2. The van der Waals surface area contributed by atoms with Crippen LogP contribution in [0.2, 0.25) is 0 Å². The van der Waals surface area contributed by atoms with Crippen LogP contribution in [0, 0.1) is 6.92 Å². The van der Waals surface area contributed by atoms with Crippen molar-refractivity contribution >= 4 is 50.6 Å². The van der Waals surface area contributed by atoms with Gasteiger partial charge in [-0.3, -0.25) is 9.59 Å². The van der Waals surface area contributed by atoms with Crippen molar-refractivity contribution in [2.45, 2.75) is 6.92 Å². The number of hydrogen-bond donors (Lipinski definition) is 3. The van der Waals surface area contributed by atoms with Gasteiger partial charge in [0.05, 0.1) is 10.9 Å². The third-order valence-electron chi connectivity index (χ3n) is 4.43. The van der Waals surface area contributed by atoms with Gasteiger partial charge in [-0.05, 0) is 42.8 Å². The van der Waals surface area contributed by atoms with Gasteiger partial charge in [0, 0.05) is 22.3 Å². The van der Waals surface area contributed by atoms with Crippen molar-refractivity contribution < 1.29 is 9.59 Å². The Bertz CT molecular complexity index is 1220. The number of aromatic nitrogens is 2. The zero-order valence-electron chi connectivity index (χ0n) is 15.5. The summed E-state index contributed by atoms with van der Waals surface area (Å²) in [5.41, 5.74) is 9.08. The maximum absolute atomic E-state index is 12.6. The summed E-state index contributed by atoms with van der Waals surface area (Å²) in [5.74, 6) is -0.204. The fourth-order valence-corrected chi connectivity index (χ4v) is 3.82. The molecule has 2 aromatic carbocycles. The van der Waals surface area contributed by atoms with Gasteiger partial charge in [-0.1, -0.05) is 18.2 Å². The predicted octanol–water partition coefficient (Wildman–Crippen LogP) is 4.09. The molecule has 0 fully saturated rings. The van der Waals surface area contributed by atoms with Crippen LogP contribution < -0.4 is 16.4 Å². The number of nitrogens with one attached hydrogen (secondary N) is 2. The standard InChI is InChI=1S/C21H17N5O2S/c1-12-4-2-3-5-15(12)19(27)25-13-6-8-14(9-7-13)26-20(28)16-10-29-21-17(16)18(22)23-11-24-21/h2-11H,1H3,(H,25,27)(H,26,28)(H2,22,23,24). The molecular weight excluding hydrogens is 386 g/mol. The molecule has 0 spiro atoms. The minimum Gasteiger partial charge on any atom is -0.383 e. The van der Waals surface area contributed by atoms with Crippen molar-refractivity contribution in [2.24, 2.45) is 0 Å². The van der Waals surface area contributed by atoms with Crippen LogP contribution in [0.1, 0.15) is 26.3 Å². The molecule has 0 aliphatic heterocycles. The number of nitrogen functional groups attached to an aromatic ring is 1. The molecule has 0 saturated heterocycles. The Kier molecular flexibility index (Phi) is 4.92. The number of nitrogens with two attached hydrogens (primary N) is 1. The van der Waals surface area contributed by atoms with Crippen LogP contribution in [0.5, 0.6) is 0 Å². The lowest BCUT2D eigenvalue weighted by molar-refractivity contribution is 0.101. The van der Waals surface area contributed by atoms with E-state index in [1.807, 2.05) is 25.1 Å². The van der Waals surface area contributed by atoms with Gasteiger partial charge in [-0.25, -0.2) is 9.97 Å². The summed E-state index contributed by atoms with van der Waals surface area (Å²) in [6, 6.07) is 14.3. The third-order valence-corrected chi connectivity index (χ3v) is 5.32. The highest BCUT2D eigenvalue weighted by Crippen LogP contribution is 2.28. The van der Waals surface area contributed by atoms with Crippen LogP contribution in [0.3, 0.4) is 0 Å². The average molecular weight is 403 g/mol. The van der Waals surface area contributed by atoms with E-state index < -0.39 is 0 Å². The van der Waals surface area contributed by atoms with Crippen molar-refractivity contribution in [3.8, 4) is 0 Å². The summed E-state index contributed by atoms with van der Waals surface area (Å²) in [7, 11) is 0. The van der Waals surface area contributed by atoms with E-state index in [1.165, 1.54) is 17.7 Å². The molecule has 4 aromatic rings. The van der Waals surface area contributed by atoms with Crippen LogP contribution in [-0.4, -0.2) is 21.8 Å². The Morgan fingerprint density at radius 1 is 0.897 bits per heavy atom. The van der Waals surface area contributed by atoms with Gasteiger partial charge in [0.2, 0.25) is 0 Å². The molecule has 144 valence electrons. The maximum atomic E-state index is 12.6. The van der Waals surface area contributed by atoms with Crippen LogP contribution in [0.15, 0.2) is 60.2 Å². The molecule has 0 aliphatic rings. The smallest absolute Gasteiger partial charge is 0.257 e. The third kappa shape index (κ3) is 3.78. The van der Waals surface area contributed by atoms with Crippen LogP contribution in [0.25, 0.3) is 10.2 Å². The number of benzene rings is 2. The molecule has 8 heteroatoms. The Morgan fingerprint density at radius 3 is 2.17 bits per heavy atom. The van der Waals surface area contributed by atoms with Gasteiger partial charge in [-0.15, -0.1) is 11.3 Å². The number of rotatable bonds is 4. The fraction of sp³-hybridized carbons (Fsp3) is 0.0476. The molecule has 29 heavy (non-hydrogen) atoms. The molecule has 4 N–H and O–H groups in total. The number of fused-ring (bicyclic) bond motifs is 1. The van der Waals surface area contributed by atoms with Gasteiger partial charge in [0.25, 0.3) is 11.8 Å². The van der Waals surface area contributed by atoms with Crippen molar-refractivity contribution in [2.75, 3.05) is 16.4 Å². The molecule has 4 rings (SSSR count). The summed E-state index contributed by atoms with van der Waals surface area (Å²) in [5, 5.41) is 7.95. The topological polar surface area (TPSA) is 110 Å². The first-order valence-electron chi connectivity index (χ1n) is 8.79. The summed E-state index contributed by atoms with van der Waals surface area (Å²) in [6.07, 6.45) is 1.37. The lowest BCUT2D eigenvalue weighted by Crippen LogP contribution is -2.14. The Hall–Kier alpha value is -3.78. The van der Waals surface area contributed by atoms with E-state index in [-0.39, 0.29) is 17.6 Å². The molecule has 0 aliphatic carbocycles. The van der Waals surface area contributed by atoms with Gasteiger partial charge in [0.15, 0.2) is 0 Å². The Morgan fingerprint density at radius 2 is 1.52 bits per heavy atom. The number of aryl methyl sites for hydroxylation is 1. The zero-order chi connectivity index (χ0) is 20.4. The van der Waals surface area contributed by atoms with Gasteiger partial charge in [-0.2, -0.15) is 0 Å². The van der Waals surface area contributed by atoms with Crippen LogP contribution in [0.4, 0.5) is 17.2 Å². The van der Waals surface area contributed by atoms with Gasteiger partial charge in [0.1, 0.15) is 17.0 Å². The summed E-state index contributed by atoms with van der Waals surface area (Å²) < 4.78 is 0. The molecule has 2 aromatic heterocycles. The van der Waals surface area contributed by atoms with Crippen molar-refractivity contribution in [1.82, 2.24) is 9.97 Å². The maximum Gasteiger partial charge on any atom is 0.257 e. The first kappa shape index (κ1) is 18.6. The molecule has 0 saturated carbocycles. The molecule has 0 bridgehead atoms. The van der Waals surface area contributed by atoms with E-state index in [0.29, 0.717) is 32.7 Å². The van der Waals surface area contributed by atoms with Gasteiger partial charge >= 0.3 is 0 Å². The molecule has 2 amide bonds. The van der Waals surface area contributed by atoms with Crippen molar-refractivity contribution in [3.05, 3.63) is 76.9 Å². The SMILES string of the molecule is Cc1ccccc1C(=O)Nc1ccc(NC(=O)c2csc3ncnc(N)c23)cc1. The molecule has 0 atom stereocenters. The number of hydrogen-bond acceptors (Lipinski definition) is 6. The van der Waals surface area contributed by atoms with E-state index >= 15 is 0 Å². The Labute approximate surface area is 170 Å². The first-order valence-corrected chi connectivity index (χ1v) is 9.67. The highest BCUT2D eigenvalue weighted by Gasteiger charge is 2.16. The van der Waals surface area contributed by atoms with E-state index in [1.54, 1.807) is 35.7 Å². The predicted molar refractivity (Wildman–Crippen MR) is 115 cm³/mol. The quantitative estimate of drug-likeness (QED) is 0.475. The minimum absolute atomic E-state index is 0.180. The minimum atomic E-state index is -0.297. The number of nitrogens with zero attached hydrogens (tertiary/aromatic N) is 2. The summed E-state index contributed by atoms with van der Waals surface area (Å²) >= 11 is 1.34. The van der Waals surface area contributed by atoms with Gasteiger partial charge < -0.3 is 16.4 Å². The highest BCUT2D eigenvalue weighted by molar-refractivity contribution is 7.17. The lowest BCUT2D eigenvalue weighted by atomic mass is 10.1. The van der Waals surface area contributed by atoms with E-state index in [4.69, 9.17) is 5.73 Å². The number of carbonyl (C=O) groups excluding carboxylic acids is 2. The molecular formula is C21H17N5O2S. The van der Waals surface area contributed by atoms with Crippen molar-refractivity contribution in [3.63, 3.8) is 0 Å². The first-order chi connectivity index (χ1) is 14.0. The average Bonchev–Trinajstić information content (AvgIpc) is 3.15. The second-order valence-electron chi connectivity index (χ2n) is 6.39. The number of thiophene rings is 1. The largest absolute Gasteiger partial charge is 0.383 e. The van der Waals surface area contributed by atoms with Crippen molar-refractivity contribution in [1.29, 1.82) is 0 Å². The second-order valence-corrected chi connectivity index (χ2v) is 7.25. The number of anilines is 3. The van der Waals surface area contributed by atoms with Crippen LogP contribution >= 0.6 is 11.3 Å². The lowest BCUT2D eigenvalue weighted by Gasteiger charge is -2.09. The van der Waals surface area contributed by atoms with Crippen LogP contribution in [-0.2, 0) is 0 Å². The normalized spacial score (nSPS) is 10.7. The molecule has 0 unspecified atom stereocenters. The monoisotopic (exact) mass is 403 g/mol.